The maximum atomic E-state index is 12.8. The largest absolute Gasteiger partial charge is 0.325 e. The molecule has 0 spiro atoms. The summed E-state index contributed by atoms with van der Waals surface area (Å²) in [6, 6.07) is 9.09. The molecule has 1 atom stereocenters. The Morgan fingerprint density at radius 1 is 1.27 bits per heavy atom. The van der Waals surface area contributed by atoms with E-state index in [1.165, 1.54) is 6.92 Å². The summed E-state index contributed by atoms with van der Waals surface area (Å²) in [5.74, 6) is -0.505. The van der Waals surface area contributed by atoms with E-state index in [4.69, 9.17) is 0 Å². The third-order valence-corrected chi connectivity index (χ3v) is 4.05. The molecule has 1 amide bonds. The zero-order valence-corrected chi connectivity index (χ0v) is 12.2. The zero-order valence-electron chi connectivity index (χ0n) is 12.2. The number of nitrogens with one attached hydrogen (secondary N) is 1. The number of carbonyl (C=O) groups excluding carboxylic acids is 2. The number of allylic oxidation sites excluding steroid dienone is 1. The normalized spacial score (nSPS) is 20.3. The van der Waals surface area contributed by atoms with Gasteiger partial charge >= 0.3 is 0 Å². The van der Waals surface area contributed by atoms with Crippen molar-refractivity contribution >= 4 is 23.1 Å². The number of amides is 1. The number of hydrogen-bond acceptors (Lipinski definition) is 4. The lowest BCUT2D eigenvalue weighted by Gasteiger charge is -2.34. The van der Waals surface area contributed by atoms with Gasteiger partial charge in [-0.1, -0.05) is 30.0 Å². The molecule has 6 nitrogen and oxygen atoms in total. The molecule has 1 aliphatic rings. The molecule has 0 radical (unpaired) electrons. The van der Waals surface area contributed by atoms with Crippen LogP contribution in [0.25, 0.3) is 5.70 Å². The summed E-state index contributed by atoms with van der Waals surface area (Å²) in [4.78, 5) is 25.1. The Kier molecular flexibility index (Phi) is 3.36. The van der Waals surface area contributed by atoms with Crippen LogP contribution >= 0.6 is 0 Å². The fourth-order valence-electron chi connectivity index (χ4n) is 2.78. The number of anilines is 1. The van der Waals surface area contributed by atoms with Gasteiger partial charge in [0.25, 0.3) is 0 Å². The van der Waals surface area contributed by atoms with Crippen molar-refractivity contribution in [1.82, 2.24) is 15.0 Å². The van der Waals surface area contributed by atoms with E-state index < -0.39 is 5.41 Å². The first kappa shape index (κ1) is 14.2. The second-order valence-corrected chi connectivity index (χ2v) is 5.52. The molecule has 0 aliphatic carbocycles. The molecular weight excluding hydrogens is 280 g/mol. The van der Waals surface area contributed by atoms with Gasteiger partial charge in [0.1, 0.15) is 11.2 Å². The Bertz CT molecular complexity index is 751. The monoisotopic (exact) mass is 296 g/mol. The van der Waals surface area contributed by atoms with Gasteiger partial charge in [-0.25, -0.2) is 4.68 Å². The molecular formula is C16H16N4O2. The van der Waals surface area contributed by atoms with E-state index in [9.17, 15) is 9.59 Å². The molecule has 2 heterocycles. The molecule has 0 saturated carbocycles. The number of aromatic nitrogens is 3. The number of rotatable bonds is 3. The third-order valence-electron chi connectivity index (χ3n) is 4.05. The summed E-state index contributed by atoms with van der Waals surface area (Å²) in [6.07, 6.45) is 2.07. The van der Waals surface area contributed by atoms with Crippen LogP contribution in [0.1, 0.15) is 19.0 Å². The molecule has 22 heavy (non-hydrogen) atoms. The summed E-state index contributed by atoms with van der Waals surface area (Å²) < 4.78 is 1.59. The molecule has 112 valence electrons. The average molecular weight is 296 g/mol. The number of Topliss-reactive ketones (excluding diaryl/α,β-unsaturated/α-hetero) is 1. The van der Waals surface area contributed by atoms with Crippen LogP contribution in [0.5, 0.6) is 0 Å². The van der Waals surface area contributed by atoms with E-state index >= 15 is 0 Å². The maximum absolute atomic E-state index is 12.8. The van der Waals surface area contributed by atoms with E-state index in [-0.39, 0.29) is 24.5 Å². The van der Waals surface area contributed by atoms with Gasteiger partial charge in [-0.3, -0.25) is 9.59 Å². The molecule has 0 fully saturated rings. The van der Waals surface area contributed by atoms with Crippen molar-refractivity contribution in [3.63, 3.8) is 0 Å². The average Bonchev–Trinajstić information content (AvgIpc) is 2.96. The van der Waals surface area contributed by atoms with Crippen LogP contribution in [0.15, 0.2) is 43.1 Å². The van der Waals surface area contributed by atoms with Gasteiger partial charge in [-0.2, -0.15) is 0 Å². The Morgan fingerprint density at radius 2 is 2.00 bits per heavy atom. The number of benzene rings is 1. The minimum Gasteiger partial charge on any atom is -0.325 e. The highest BCUT2D eigenvalue weighted by molar-refractivity contribution is 6.11. The molecule has 0 bridgehead atoms. The zero-order chi connectivity index (χ0) is 15.7. The Morgan fingerprint density at radius 3 is 2.68 bits per heavy atom. The van der Waals surface area contributed by atoms with Crippen molar-refractivity contribution in [3.05, 3.63) is 48.8 Å². The maximum Gasteiger partial charge on any atom is 0.238 e. The first-order valence-electron chi connectivity index (χ1n) is 6.98. The first-order chi connectivity index (χ1) is 10.5. The molecule has 1 aliphatic heterocycles. The molecule has 6 heteroatoms. The number of ketones is 1. The lowest BCUT2D eigenvalue weighted by atomic mass is 9.73. The number of para-hydroxylation sites is 1. The van der Waals surface area contributed by atoms with Gasteiger partial charge in [0.15, 0.2) is 0 Å². The molecule has 0 saturated heterocycles. The fourth-order valence-corrected chi connectivity index (χ4v) is 2.78. The van der Waals surface area contributed by atoms with Crippen LogP contribution in [-0.4, -0.2) is 26.7 Å². The third kappa shape index (κ3) is 2.22. The van der Waals surface area contributed by atoms with E-state index in [1.54, 1.807) is 23.0 Å². The lowest BCUT2D eigenvalue weighted by Crippen LogP contribution is -2.46. The van der Waals surface area contributed by atoms with Crippen LogP contribution in [0.3, 0.4) is 0 Å². The molecule has 1 unspecified atom stereocenters. The van der Waals surface area contributed by atoms with Crippen LogP contribution in [-0.2, 0) is 16.0 Å². The summed E-state index contributed by atoms with van der Waals surface area (Å²) in [7, 11) is 0. The van der Waals surface area contributed by atoms with Crippen LogP contribution in [0, 0.1) is 5.41 Å². The van der Waals surface area contributed by atoms with Crippen molar-refractivity contribution < 1.29 is 9.59 Å². The number of fused-ring (bicyclic) bond motifs is 1. The second kappa shape index (κ2) is 5.22. The van der Waals surface area contributed by atoms with E-state index in [0.29, 0.717) is 11.4 Å². The molecule has 1 N–H and O–H groups in total. The molecule has 3 rings (SSSR count). The van der Waals surface area contributed by atoms with Gasteiger partial charge in [0.2, 0.25) is 5.91 Å². The Labute approximate surface area is 127 Å². The summed E-state index contributed by atoms with van der Waals surface area (Å²) in [6.45, 7) is 5.36. The van der Waals surface area contributed by atoms with Crippen LogP contribution in [0.4, 0.5) is 5.69 Å². The van der Waals surface area contributed by atoms with Crippen molar-refractivity contribution in [2.75, 3.05) is 5.32 Å². The van der Waals surface area contributed by atoms with Gasteiger partial charge in [-0.05, 0) is 19.1 Å². The molecule has 1 aromatic heterocycles. The van der Waals surface area contributed by atoms with Crippen molar-refractivity contribution in [2.45, 2.75) is 19.8 Å². The highest BCUT2D eigenvalue weighted by atomic mass is 16.2. The number of hydrogen-bond donors (Lipinski definition) is 1. The van der Waals surface area contributed by atoms with Crippen molar-refractivity contribution in [2.24, 2.45) is 5.41 Å². The quantitative estimate of drug-likeness (QED) is 0.878. The van der Waals surface area contributed by atoms with Crippen molar-refractivity contribution in [1.29, 1.82) is 0 Å². The summed E-state index contributed by atoms with van der Waals surface area (Å²) in [5.41, 5.74) is 0.813. The Balaban J connectivity index is 1.95. The van der Waals surface area contributed by atoms with Gasteiger partial charge in [0, 0.05) is 24.2 Å². The highest BCUT2D eigenvalue weighted by Gasteiger charge is 2.47. The SMILES string of the molecule is C=C1CC(C(C)=O)(C(=O)Nc2ccccc2)Cc2cnnn21. The van der Waals surface area contributed by atoms with Gasteiger partial charge < -0.3 is 5.32 Å². The van der Waals surface area contributed by atoms with E-state index in [1.807, 2.05) is 18.2 Å². The minimum atomic E-state index is -1.16. The smallest absolute Gasteiger partial charge is 0.238 e. The summed E-state index contributed by atoms with van der Waals surface area (Å²) >= 11 is 0. The van der Waals surface area contributed by atoms with Crippen LogP contribution in [0.2, 0.25) is 0 Å². The molecule has 2 aromatic rings. The lowest BCUT2D eigenvalue weighted by molar-refractivity contribution is -0.138. The second-order valence-electron chi connectivity index (χ2n) is 5.52. The first-order valence-corrected chi connectivity index (χ1v) is 6.98. The highest BCUT2D eigenvalue weighted by Crippen LogP contribution is 2.38. The van der Waals surface area contributed by atoms with Crippen LogP contribution < -0.4 is 5.32 Å². The standard InChI is InChI=1S/C16H16N4O2/c1-11-8-16(12(2)21,9-14-10-17-19-20(11)14)15(22)18-13-6-4-3-5-7-13/h3-7,10H,1,8-9H2,2H3,(H,18,22). The minimum absolute atomic E-state index is 0.186. The topological polar surface area (TPSA) is 76.9 Å². The summed E-state index contributed by atoms with van der Waals surface area (Å²) in [5, 5.41) is 10.6. The molecule has 1 aromatic carbocycles. The van der Waals surface area contributed by atoms with E-state index in [0.717, 1.165) is 5.69 Å². The van der Waals surface area contributed by atoms with E-state index in [2.05, 4.69) is 22.2 Å². The number of nitrogens with zero attached hydrogens (tertiary/aromatic N) is 3. The predicted octanol–water partition coefficient (Wildman–Crippen LogP) is 1.91. The number of carbonyl (C=O) groups is 2. The fraction of sp³-hybridized carbons (Fsp3) is 0.250. The predicted molar refractivity (Wildman–Crippen MR) is 81.9 cm³/mol. The Hall–Kier alpha value is -2.76. The van der Waals surface area contributed by atoms with Gasteiger partial charge in [-0.15, -0.1) is 5.10 Å². The van der Waals surface area contributed by atoms with Gasteiger partial charge in [0.05, 0.1) is 11.9 Å². The van der Waals surface area contributed by atoms with Crippen molar-refractivity contribution in [3.8, 4) is 0 Å².